The maximum atomic E-state index is 4.94. The monoisotopic (exact) mass is 610 g/mol. The standard InChI is InChI=1S/C23H32N4S.C8H14.C5H12O.CH4/c1-2-3-4-5-10-15-27-18-25-20-16-19(11-12-21(20)27)23-24-17-22(28-23)26-13-8-6-7-9-14-26;1-4-6-7-8(3)5-2;1-5(2,3)6-4;/h11-12,16-18H,2-10,13-15H2,1H3;5-7H,4H2,1-3H3;1-4H3;1H4/b;7-6-,8-5-;;. The summed E-state index contributed by atoms with van der Waals surface area (Å²) < 4.78 is 7.24. The van der Waals surface area contributed by atoms with Gasteiger partial charge < -0.3 is 14.2 Å². The molecule has 0 bridgehead atoms. The molecule has 5 nitrogen and oxygen atoms in total. The first kappa shape index (κ1) is 38.6. The van der Waals surface area contributed by atoms with Gasteiger partial charge in [-0.2, -0.15) is 0 Å². The molecule has 6 heteroatoms. The number of unbranched alkanes of at least 4 members (excludes halogenated alkanes) is 4. The summed E-state index contributed by atoms with van der Waals surface area (Å²) in [7, 11) is 1.71. The average Bonchev–Trinajstić information content (AvgIpc) is 3.55. The van der Waals surface area contributed by atoms with Gasteiger partial charge in [0.05, 0.1) is 29.2 Å². The number of aryl methyl sites for hydroxylation is 1. The van der Waals surface area contributed by atoms with Crippen LogP contribution in [0.2, 0.25) is 0 Å². The fourth-order valence-electron chi connectivity index (χ4n) is 4.50. The van der Waals surface area contributed by atoms with E-state index in [0.717, 1.165) is 23.5 Å². The van der Waals surface area contributed by atoms with E-state index >= 15 is 0 Å². The Hall–Kier alpha value is -2.44. The van der Waals surface area contributed by atoms with Crippen molar-refractivity contribution in [1.29, 1.82) is 0 Å². The molecule has 43 heavy (non-hydrogen) atoms. The summed E-state index contributed by atoms with van der Waals surface area (Å²) in [5.74, 6) is 0. The van der Waals surface area contributed by atoms with Gasteiger partial charge in [0.15, 0.2) is 0 Å². The summed E-state index contributed by atoms with van der Waals surface area (Å²) >= 11 is 1.82. The van der Waals surface area contributed by atoms with E-state index in [1.165, 1.54) is 92.5 Å². The second-order valence-electron chi connectivity index (χ2n) is 12.1. The minimum Gasteiger partial charge on any atom is -0.379 e. The number of hydrogen-bond acceptors (Lipinski definition) is 5. The quantitative estimate of drug-likeness (QED) is 0.169. The zero-order chi connectivity index (χ0) is 30.8. The summed E-state index contributed by atoms with van der Waals surface area (Å²) in [6.45, 7) is 18.0. The Morgan fingerprint density at radius 1 is 1.00 bits per heavy atom. The number of hydrogen-bond donors (Lipinski definition) is 0. The minimum absolute atomic E-state index is 0. The van der Waals surface area contributed by atoms with Gasteiger partial charge in [-0.05, 0) is 78.5 Å². The Bertz CT molecular complexity index is 1190. The van der Waals surface area contributed by atoms with Crippen molar-refractivity contribution in [3.8, 4) is 10.6 Å². The summed E-state index contributed by atoms with van der Waals surface area (Å²) in [5.41, 5.74) is 4.89. The second kappa shape index (κ2) is 21.3. The molecule has 4 rings (SSSR count). The summed E-state index contributed by atoms with van der Waals surface area (Å²) in [4.78, 5) is 11.9. The number of allylic oxidation sites excluding steroid dienone is 4. The topological polar surface area (TPSA) is 43.2 Å². The van der Waals surface area contributed by atoms with E-state index in [1.807, 2.05) is 38.4 Å². The molecular weight excluding hydrogens is 549 g/mol. The molecule has 3 aromatic rings. The highest BCUT2D eigenvalue weighted by atomic mass is 32.1. The zero-order valence-corrected chi connectivity index (χ0v) is 28.7. The van der Waals surface area contributed by atoms with Crippen molar-refractivity contribution in [2.75, 3.05) is 25.1 Å². The third-order valence-corrected chi connectivity index (χ3v) is 8.57. The van der Waals surface area contributed by atoms with E-state index < -0.39 is 0 Å². The first-order chi connectivity index (χ1) is 20.2. The number of thiazole rings is 1. The van der Waals surface area contributed by atoms with Crippen molar-refractivity contribution >= 4 is 27.4 Å². The molecule has 1 aliphatic heterocycles. The Balaban J connectivity index is 0.000000516. The smallest absolute Gasteiger partial charge is 0.125 e. The van der Waals surface area contributed by atoms with E-state index in [9.17, 15) is 0 Å². The predicted octanol–water partition coefficient (Wildman–Crippen LogP) is 11.5. The van der Waals surface area contributed by atoms with Gasteiger partial charge in [-0.3, -0.25) is 0 Å². The maximum Gasteiger partial charge on any atom is 0.125 e. The molecule has 0 unspecified atom stereocenters. The number of rotatable bonds is 10. The van der Waals surface area contributed by atoms with Gasteiger partial charge in [0.2, 0.25) is 0 Å². The molecule has 0 amide bonds. The second-order valence-corrected chi connectivity index (χ2v) is 13.1. The van der Waals surface area contributed by atoms with Crippen LogP contribution < -0.4 is 4.90 Å². The molecule has 242 valence electrons. The van der Waals surface area contributed by atoms with Crippen LogP contribution in [0.3, 0.4) is 0 Å². The SMILES string of the molecule is C.C/C=C(C)\C=C/CC.CCCCCCCn1cnc2cc(-c3ncc(N4CCCCCC4)s3)ccc21.COC(C)(C)C. The van der Waals surface area contributed by atoms with E-state index in [-0.39, 0.29) is 13.0 Å². The Morgan fingerprint density at radius 2 is 1.67 bits per heavy atom. The normalized spacial score (nSPS) is 14.0. The van der Waals surface area contributed by atoms with E-state index in [0.29, 0.717) is 0 Å². The average molecular weight is 611 g/mol. The van der Waals surface area contributed by atoms with Crippen LogP contribution in [-0.4, -0.2) is 40.3 Å². The maximum absolute atomic E-state index is 4.94. The number of ether oxygens (including phenoxy) is 1. The van der Waals surface area contributed by atoms with Gasteiger partial charge in [0.25, 0.3) is 0 Å². The molecule has 1 aromatic carbocycles. The van der Waals surface area contributed by atoms with Crippen molar-refractivity contribution < 1.29 is 4.74 Å². The van der Waals surface area contributed by atoms with Crippen LogP contribution in [0.1, 0.15) is 120 Å². The fourth-order valence-corrected chi connectivity index (χ4v) is 5.46. The van der Waals surface area contributed by atoms with E-state index in [4.69, 9.17) is 9.72 Å². The van der Waals surface area contributed by atoms with Crippen LogP contribution in [0, 0.1) is 0 Å². The highest BCUT2D eigenvalue weighted by molar-refractivity contribution is 7.18. The number of anilines is 1. The molecule has 0 spiro atoms. The lowest BCUT2D eigenvalue weighted by Crippen LogP contribution is -2.22. The van der Waals surface area contributed by atoms with Crippen LogP contribution in [0.4, 0.5) is 5.00 Å². The van der Waals surface area contributed by atoms with Crippen molar-refractivity contribution in [2.45, 2.75) is 132 Å². The van der Waals surface area contributed by atoms with Crippen LogP contribution in [0.15, 0.2) is 54.5 Å². The highest BCUT2D eigenvalue weighted by Crippen LogP contribution is 2.33. The van der Waals surface area contributed by atoms with Gasteiger partial charge in [-0.15, -0.1) is 0 Å². The highest BCUT2D eigenvalue weighted by Gasteiger charge is 2.14. The van der Waals surface area contributed by atoms with Crippen molar-refractivity contribution in [3.05, 3.63) is 54.5 Å². The molecule has 0 aliphatic carbocycles. The lowest BCUT2D eigenvalue weighted by molar-refractivity contribution is 0.0397. The third kappa shape index (κ3) is 14.7. The molecule has 1 aliphatic rings. The molecule has 3 heterocycles. The Kier molecular flexibility index (Phi) is 19.1. The Morgan fingerprint density at radius 3 is 2.28 bits per heavy atom. The minimum atomic E-state index is 0. The lowest BCUT2D eigenvalue weighted by Gasteiger charge is -2.19. The molecule has 0 saturated carbocycles. The third-order valence-electron chi connectivity index (χ3n) is 7.47. The van der Waals surface area contributed by atoms with Crippen molar-refractivity contribution in [1.82, 2.24) is 14.5 Å². The van der Waals surface area contributed by atoms with Crippen molar-refractivity contribution in [3.63, 3.8) is 0 Å². The van der Waals surface area contributed by atoms with Gasteiger partial charge in [0, 0.05) is 32.3 Å². The Labute approximate surface area is 268 Å². The van der Waals surface area contributed by atoms with E-state index in [2.05, 4.69) is 84.8 Å². The van der Waals surface area contributed by atoms with E-state index in [1.54, 1.807) is 7.11 Å². The first-order valence-electron chi connectivity index (χ1n) is 16.2. The van der Waals surface area contributed by atoms with Gasteiger partial charge in [-0.1, -0.05) is 94.9 Å². The largest absolute Gasteiger partial charge is 0.379 e. The summed E-state index contributed by atoms with van der Waals surface area (Å²) in [5, 5.41) is 2.42. The predicted molar refractivity (Wildman–Crippen MR) is 193 cm³/mol. The molecular formula is C37H62N4OS. The van der Waals surface area contributed by atoms with Gasteiger partial charge >= 0.3 is 0 Å². The van der Waals surface area contributed by atoms with Gasteiger partial charge in [-0.25, -0.2) is 9.97 Å². The number of nitrogens with zero attached hydrogens (tertiary/aromatic N) is 4. The number of fused-ring (bicyclic) bond motifs is 1. The molecule has 0 atom stereocenters. The van der Waals surface area contributed by atoms with Gasteiger partial charge in [0.1, 0.15) is 10.0 Å². The summed E-state index contributed by atoms with van der Waals surface area (Å²) in [6.07, 6.45) is 23.5. The molecule has 1 fully saturated rings. The lowest BCUT2D eigenvalue weighted by atomic mass is 10.1. The van der Waals surface area contributed by atoms with Crippen LogP contribution in [-0.2, 0) is 11.3 Å². The fraction of sp³-hybridized carbons (Fsp3) is 0.622. The molecule has 1 saturated heterocycles. The zero-order valence-electron chi connectivity index (χ0n) is 27.9. The number of imidazole rings is 1. The molecule has 0 radical (unpaired) electrons. The molecule has 0 N–H and O–H groups in total. The first-order valence-corrected chi connectivity index (χ1v) is 17.0. The van der Waals surface area contributed by atoms with Crippen molar-refractivity contribution in [2.24, 2.45) is 0 Å². The number of methoxy groups -OCH3 is 1. The summed E-state index contributed by atoms with van der Waals surface area (Å²) in [6, 6.07) is 6.63. The van der Waals surface area contributed by atoms with Crippen LogP contribution >= 0.6 is 11.3 Å². The van der Waals surface area contributed by atoms with Crippen LogP contribution in [0.25, 0.3) is 21.6 Å². The molecule has 2 aromatic heterocycles. The van der Waals surface area contributed by atoms with Crippen LogP contribution in [0.5, 0.6) is 0 Å². The number of aromatic nitrogens is 3. The number of benzene rings is 1.